The molecule has 0 unspecified atom stereocenters. The average molecular weight is 427 g/mol. The van der Waals surface area contributed by atoms with Crippen LogP contribution in [0.3, 0.4) is 0 Å². The van der Waals surface area contributed by atoms with E-state index in [2.05, 4.69) is 34.7 Å². The maximum absolute atomic E-state index is 12.3. The first-order chi connectivity index (χ1) is 13.7. The Hall–Kier alpha value is -2.21. The third kappa shape index (κ3) is 3.83. The third-order valence-electron chi connectivity index (χ3n) is 4.66. The van der Waals surface area contributed by atoms with E-state index >= 15 is 0 Å². The SMILES string of the molecule is Cc1ccsc1-c1c(C#N)c(SCC(=O)Nc2nccs2)nc2c1CCCC2. The number of carbonyl (C=O) groups is 1. The number of hydrogen-bond acceptors (Lipinski definition) is 7. The van der Waals surface area contributed by atoms with Crippen molar-refractivity contribution < 1.29 is 4.79 Å². The zero-order valence-corrected chi connectivity index (χ0v) is 17.8. The number of thioether (sulfide) groups is 1. The molecular weight excluding hydrogens is 408 g/mol. The first kappa shape index (κ1) is 19.1. The molecule has 142 valence electrons. The van der Waals surface area contributed by atoms with Crippen LogP contribution in [0.25, 0.3) is 10.4 Å². The number of rotatable bonds is 5. The molecule has 0 atom stereocenters. The van der Waals surface area contributed by atoms with E-state index in [1.54, 1.807) is 17.5 Å². The zero-order valence-electron chi connectivity index (χ0n) is 15.3. The number of nitriles is 1. The van der Waals surface area contributed by atoms with Crippen molar-refractivity contribution in [2.24, 2.45) is 0 Å². The van der Waals surface area contributed by atoms with Gasteiger partial charge in [0.05, 0.1) is 11.3 Å². The molecule has 3 aromatic rings. The normalized spacial score (nSPS) is 13.0. The molecule has 3 aromatic heterocycles. The van der Waals surface area contributed by atoms with Crippen molar-refractivity contribution in [2.45, 2.75) is 37.6 Å². The Balaban J connectivity index is 1.68. The van der Waals surface area contributed by atoms with E-state index in [1.807, 2.05) is 5.38 Å². The topological polar surface area (TPSA) is 78.7 Å². The second kappa shape index (κ2) is 8.43. The van der Waals surface area contributed by atoms with Gasteiger partial charge in [0.1, 0.15) is 11.1 Å². The smallest absolute Gasteiger partial charge is 0.236 e. The predicted molar refractivity (Wildman–Crippen MR) is 115 cm³/mol. The van der Waals surface area contributed by atoms with E-state index in [4.69, 9.17) is 4.98 Å². The van der Waals surface area contributed by atoms with E-state index in [-0.39, 0.29) is 11.7 Å². The van der Waals surface area contributed by atoms with Crippen molar-refractivity contribution >= 4 is 45.5 Å². The molecule has 4 rings (SSSR count). The van der Waals surface area contributed by atoms with Gasteiger partial charge in [0.25, 0.3) is 0 Å². The van der Waals surface area contributed by atoms with Crippen LogP contribution in [-0.2, 0) is 17.6 Å². The number of nitrogens with one attached hydrogen (secondary N) is 1. The van der Waals surface area contributed by atoms with E-state index in [0.717, 1.165) is 41.8 Å². The van der Waals surface area contributed by atoms with Crippen LogP contribution in [0.1, 0.15) is 35.2 Å². The van der Waals surface area contributed by atoms with E-state index < -0.39 is 0 Å². The summed E-state index contributed by atoms with van der Waals surface area (Å²) in [5.74, 6) is 0.0559. The fourth-order valence-corrected chi connectivity index (χ4v) is 5.74. The minimum atomic E-state index is -0.141. The molecule has 1 aliphatic carbocycles. The van der Waals surface area contributed by atoms with Gasteiger partial charge in [0.2, 0.25) is 5.91 Å². The van der Waals surface area contributed by atoms with Gasteiger partial charge in [-0.3, -0.25) is 4.79 Å². The summed E-state index contributed by atoms with van der Waals surface area (Å²) in [5.41, 5.74) is 5.10. The first-order valence-electron chi connectivity index (χ1n) is 9.00. The van der Waals surface area contributed by atoms with Gasteiger partial charge >= 0.3 is 0 Å². The number of aryl methyl sites for hydroxylation is 2. The molecule has 0 aromatic carbocycles. The van der Waals surface area contributed by atoms with Crippen LogP contribution in [0.4, 0.5) is 5.13 Å². The number of aromatic nitrogens is 2. The van der Waals surface area contributed by atoms with Gasteiger partial charge in [-0.2, -0.15) is 5.26 Å². The third-order valence-corrected chi connectivity index (χ3v) is 7.36. The standard InChI is InChI=1S/C20H18N4OS3/c1-12-6-8-26-18(12)17-13-4-2-3-5-15(13)23-19(14(17)10-21)28-11-16(25)24-20-22-7-9-27-20/h6-9H,2-5,11H2,1H3,(H,22,24,25). The Kier molecular flexibility index (Phi) is 5.76. The summed E-state index contributed by atoms with van der Waals surface area (Å²) in [4.78, 5) is 22.3. The van der Waals surface area contributed by atoms with Crippen LogP contribution in [0, 0.1) is 18.3 Å². The van der Waals surface area contributed by atoms with Crippen LogP contribution in [0.5, 0.6) is 0 Å². The Morgan fingerprint density at radius 1 is 1.32 bits per heavy atom. The van der Waals surface area contributed by atoms with Crippen molar-refractivity contribution in [3.05, 3.63) is 45.4 Å². The van der Waals surface area contributed by atoms with Gasteiger partial charge in [0.15, 0.2) is 5.13 Å². The summed E-state index contributed by atoms with van der Waals surface area (Å²) in [6.07, 6.45) is 5.78. The second-order valence-corrected chi connectivity index (χ2v) is 9.29. The quantitative estimate of drug-likeness (QED) is 0.577. The number of nitrogens with zero attached hydrogens (tertiary/aromatic N) is 3. The number of carbonyl (C=O) groups excluding carboxylic acids is 1. The number of pyridine rings is 1. The van der Waals surface area contributed by atoms with Crippen LogP contribution in [0.2, 0.25) is 0 Å². The predicted octanol–water partition coefficient (Wildman–Crippen LogP) is 5.06. The second-order valence-electron chi connectivity index (χ2n) is 6.52. The molecule has 1 aliphatic rings. The largest absolute Gasteiger partial charge is 0.301 e. The van der Waals surface area contributed by atoms with E-state index in [9.17, 15) is 10.1 Å². The minimum absolute atomic E-state index is 0.141. The Labute approximate surface area is 175 Å². The van der Waals surface area contributed by atoms with Gasteiger partial charge in [-0.1, -0.05) is 11.8 Å². The fraction of sp³-hybridized carbons (Fsp3) is 0.300. The lowest BCUT2D eigenvalue weighted by Gasteiger charge is -2.21. The molecule has 1 amide bonds. The monoisotopic (exact) mass is 426 g/mol. The first-order valence-corrected chi connectivity index (χ1v) is 11.7. The minimum Gasteiger partial charge on any atom is -0.301 e. The number of thiophene rings is 1. The Bertz CT molecular complexity index is 1050. The lowest BCUT2D eigenvalue weighted by Crippen LogP contribution is -2.15. The van der Waals surface area contributed by atoms with Gasteiger partial charge in [-0.15, -0.1) is 22.7 Å². The highest BCUT2D eigenvalue weighted by molar-refractivity contribution is 8.00. The molecule has 3 heterocycles. The molecule has 0 bridgehead atoms. The Morgan fingerprint density at radius 3 is 2.89 bits per heavy atom. The van der Waals surface area contributed by atoms with E-state index in [1.165, 1.54) is 34.2 Å². The lowest BCUT2D eigenvalue weighted by atomic mass is 9.89. The molecular formula is C20H18N4OS3. The molecule has 0 spiro atoms. The van der Waals surface area contributed by atoms with Gasteiger partial charge in [0, 0.05) is 27.7 Å². The molecule has 0 aliphatic heterocycles. The molecule has 0 fully saturated rings. The molecule has 1 N–H and O–H groups in total. The maximum Gasteiger partial charge on any atom is 0.236 e. The maximum atomic E-state index is 12.3. The molecule has 8 heteroatoms. The van der Waals surface area contributed by atoms with Gasteiger partial charge in [-0.05, 0) is 55.2 Å². The number of fused-ring (bicyclic) bond motifs is 1. The number of amides is 1. The highest BCUT2D eigenvalue weighted by atomic mass is 32.2. The molecule has 28 heavy (non-hydrogen) atoms. The zero-order chi connectivity index (χ0) is 19.5. The summed E-state index contributed by atoms with van der Waals surface area (Å²) in [6.45, 7) is 2.08. The van der Waals surface area contributed by atoms with Crippen molar-refractivity contribution in [2.75, 3.05) is 11.1 Å². The Morgan fingerprint density at radius 2 is 2.18 bits per heavy atom. The molecule has 5 nitrogen and oxygen atoms in total. The van der Waals surface area contributed by atoms with Crippen molar-refractivity contribution in [1.82, 2.24) is 9.97 Å². The summed E-state index contributed by atoms with van der Waals surface area (Å²) >= 11 is 4.38. The van der Waals surface area contributed by atoms with Crippen LogP contribution < -0.4 is 5.32 Å². The summed E-state index contributed by atoms with van der Waals surface area (Å²) in [7, 11) is 0. The molecule has 0 radical (unpaired) electrons. The molecule has 0 saturated heterocycles. The van der Waals surface area contributed by atoms with E-state index in [0.29, 0.717) is 15.7 Å². The number of thiazole rings is 1. The fourth-order valence-electron chi connectivity index (χ4n) is 3.38. The summed E-state index contributed by atoms with van der Waals surface area (Å²) < 4.78 is 0. The molecule has 0 saturated carbocycles. The summed E-state index contributed by atoms with van der Waals surface area (Å²) in [6, 6.07) is 4.47. The van der Waals surface area contributed by atoms with Crippen molar-refractivity contribution in [3.63, 3.8) is 0 Å². The van der Waals surface area contributed by atoms with Crippen molar-refractivity contribution in [3.8, 4) is 16.5 Å². The lowest BCUT2D eigenvalue weighted by molar-refractivity contribution is -0.113. The summed E-state index contributed by atoms with van der Waals surface area (Å²) in [5, 5.41) is 17.9. The number of anilines is 1. The van der Waals surface area contributed by atoms with Crippen molar-refractivity contribution in [1.29, 1.82) is 5.26 Å². The average Bonchev–Trinajstić information content (AvgIpc) is 3.36. The highest BCUT2D eigenvalue weighted by Crippen LogP contribution is 2.41. The highest BCUT2D eigenvalue weighted by Gasteiger charge is 2.25. The van der Waals surface area contributed by atoms with Gasteiger partial charge in [-0.25, -0.2) is 9.97 Å². The van der Waals surface area contributed by atoms with Crippen LogP contribution >= 0.6 is 34.4 Å². The van der Waals surface area contributed by atoms with Crippen LogP contribution in [0.15, 0.2) is 28.0 Å². The number of hydrogen-bond donors (Lipinski definition) is 1. The van der Waals surface area contributed by atoms with Crippen LogP contribution in [-0.4, -0.2) is 21.6 Å². The van der Waals surface area contributed by atoms with Gasteiger partial charge < -0.3 is 5.32 Å².